The molecule has 5 atom stereocenters. The molecule has 3 amide bonds. The van der Waals surface area contributed by atoms with Gasteiger partial charge < -0.3 is 30.1 Å². The fraction of sp³-hybridized carbons (Fsp3) is 0.448. The van der Waals surface area contributed by atoms with Crippen molar-refractivity contribution in [1.82, 2.24) is 25.5 Å². The first-order chi connectivity index (χ1) is 21.1. The second-order valence-corrected chi connectivity index (χ2v) is 15.0. The predicted octanol–water partition coefficient (Wildman–Crippen LogP) is 5.28. The molecular formula is C29H30Cl2IN5O7S. The summed E-state index contributed by atoms with van der Waals surface area (Å²) in [7, 11) is 0. The summed E-state index contributed by atoms with van der Waals surface area (Å²) in [6.07, 6.45) is -1.23. The number of carboxylic acid groups (broad SMARTS) is 1. The molecule has 16 heteroatoms. The summed E-state index contributed by atoms with van der Waals surface area (Å²) in [5.74, 6) is -2.46. The van der Waals surface area contributed by atoms with Crippen LogP contribution in [0.1, 0.15) is 40.5 Å². The molecule has 2 fully saturated rings. The van der Waals surface area contributed by atoms with Gasteiger partial charge in [0.2, 0.25) is 11.8 Å². The van der Waals surface area contributed by atoms with Gasteiger partial charge in [-0.1, -0.05) is 36.2 Å². The van der Waals surface area contributed by atoms with Crippen LogP contribution in [0, 0.1) is 5.92 Å². The number of carbonyl (C=O) groups excluding carboxylic acids is 3. The topological polar surface area (TPSA) is 160 Å². The summed E-state index contributed by atoms with van der Waals surface area (Å²) >= 11 is 15.6. The highest BCUT2D eigenvalue weighted by Gasteiger charge is 2.60. The number of ether oxygens (including phenoxy) is 2. The van der Waals surface area contributed by atoms with Crippen molar-refractivity contribution in [2.24, 2.45) is 5.92 Å². The van der Waals surface area contributed by atoms with Gasteiger partial charge in [-0.3, -0.25) is 9.59 Å². The van der Waals surface area contributed by atoms with Crippen molar-refractivity contribution in [2.45, 2.75) is 67.9 Å². The number of amides is 3. The van der Waals surface area contributed by atoms with Crippen molar-refractivity contribution in [2.75, 3.05) is 6.54 Å². The Balaban J connectivity index is 1.44. The standard InChI is InChI=1S/C29H30Cl2IN5O7S/c1-13-11-29(13,26(40)41)36-23(38)19-8-14(12-37(19)25(39)22(32)35-27(42)44-28(2,3)4)43-24-21(20-6-5-7-45-20)33-17-9-15(30)16(31)10-18(17)34-24/h5-7,9-10,13-14,19,22H,8,11-12H2,1-4H3,(H,35,42)(H,36,38)(H,40,41)/t13-,14?,19+,22-,29-/m1/s1. The number of halogens is 3. The molecule has 2 aromatic heterocycles. The normalized spacial score (nSPS) is 23.4. The quantitative estimate of drug-likeness (QED) is 0.157. The van der Waals surface area contributed by atoms with Crippen LogP contribution in [0.4, 0.5) is 4.79 Å². The Kier molecular flexibility index (Phi) is 9.42. The number of alkyl halides is 1. The fourth-order valence-electron chi connectivity index (χ4n) is 5.10. The maximum Gasteiger partial charge on any atom is 0.408 e. The van der Waals surface area contributed by atoms with Gasteiger partial charge in [-0.05, 0) is 79.3 Å². The van der Waals surface area contributed by atoms with E-state index in [1.807, 2.05) is 17.5 Å². The number of aromatic nitrogens is 2. The van der Waals surface area contributed by atoms with E-state index in [0.29, 0.717) is 21.7 Å². The number of hydrogen-bond acceptors (Lipinski definition) is 9. The minimum Gasteiger partial charge on any atom is -0.479 e. The van der Waals surface area contributed by atoms with Crippen molar-refractivity contribution in [1.29, 1.82) is 0 Å². The Bertz CT molecular complexity index is 1670. The van der Waals surface area contributed by atoms with Crippen LogP contribution in [0.15, 0.2) is 29.6 Å². The van der Waals surface area contributed by atoms with Gasteiger partial charge in [-0.25, -0.2) is 19.6 Å². The van der Waals surface area contributed by atoms with Gasteiger partial charge >= 0.3 is 12.1 Å². The van der Waals surface area contributed by atoms with Gasteiger partial charge in [0.25, 0.3) is 5.91 Å². The molecule has 0 radical (unpaired) electrons. The van der Waals surface area contributed by atoms with E-state index in [-0.39, 0.29) is 36.2 Å². The molecule has 1 aliphatic carbocycles. The molecule has 5 rings (SSSR count). The zero-order chi connectivity index (χ0) is 32.8. The Labute approximate surface area is 286 Å². The third-order valence-corrected chi connectivity index (χ3v) is 9.90. The van der Waals surface area contributed by atoms with Crippen LogP contribution in [0.2, 0.25) is 10.0 Å². The Hall–Kier alpha value is -2.95. The van der Waals surface area contributed by atoms with Crippen molar-refractivity contribution in [3.63, 3.8) is 0 Å². The Morgan fingerprint density at radius 1 is 1.18 bits per heavy atom. The molecule has 3 aromatic rings. The molecule has 45 heavy (non-hydrogen) atoms. The van der Waals surface area contributed by atoms with E-state index in [1.54, 1.807) is 62.4 Å². The zero-order valence-corrected chi connectivity index (χ0v) is 29.1. The van der Waals surface area contributed by atoms with E-state index in [4.69, 9.17) is 37.7 Å². The number of rotatable bonds is 8. The van der Waals surface area contributed by atoms with Gasteiger partial charge in [-0.15, -0.1) is 11.3 Å². The van der Waals surface area contributed by atoms with Crippen LogP contribution in [-0.4, -0.2) is 77.7 Å². The molecular weight excluding hydrogens is 760 g/mol. The van der Waals surface area contributed by atoms with Gasteiger partial charge in [0.1, 0.15) is 29.0 Å². The minimum absolute atomic E-state index is 0.0302. The number of benzene rings is 1. The molecule has 1 saturated heterocycles. The number of hydrogen-bond donors (Lipinski definition) is 3. The van der Waals surface area contributed by atoms with Crippen LogP contribution in [0.3, 0.4) is 0 Å². The smallest absolute Gasteiger partial charge is 0.408 e. The number of nitrogens with zero attached hydrogens (tertiary/aromatic N) is 3. The third kappa shape index (κ3) is 7.23. The summed E-state index contributed by atoms with van der Waals surface area (Å²) in [5.41, 5.74) is -0.822. The Morgan fingerprint density at radius 2 is 1.82 bits per heavy atom. The molecule has 1 unspecified atom stereocenters. The predicted molar refractivity (Wildman–Crippen MR) is 177 cm³/mol. The number of fused-ring (bicyclic) bond motifs is 1. The van der Waals surface area contributed by atoms with Crippen LogP contribution in [0.5, 0.6) is 5.88 Å². The lowest BCUT2D eigenvalue weighted by atomic mass is 10.1. The minimum atomic E-state index is -1.40. The molecule has 1 saturated carbocycles. The number of likely N-dealkylation sites (tertiary alicyclic amines) is 1. The lowest BCUT2D eigenvalue weighted by molar-refractivity contribution is -0.145. The van der Waals surface area contributed by atoms with Crippen LogP contribution in [-0.2, 0) is 19.1 Å². The summed E-state index contributed by atoms with van der Waals surface area (Å²) in [6.45, 7) is 6.76. The lowest BCUT2D eigenvalue weighted by Crippen LogP contribution is -2.55. The molecule has 240 valence electrons. The highest BCUT2D eigenvalue weighted by molar-refractivity contribution is 14.1. The van der Waals surface area contributed by atoms with E-state index < -0.39 is 51.2 Å². The van der Waals surface area contributed by atoms with Crippen LogP contribution in [0.25, 0.3) is 21.6 Å². The number of thiophene rings is 1. The van der Waals surface area contributed by atoms with E-state index in [9.17, 15) is 24.3 Å². The molecule has 1 aromatic carbocycles. The average molecular weight is 790 g/mol. The number of carboxylic acids is 1. The lowest BCUT2D eigenvalue weighted by Gasteiger charge is -2.28. The van der Waals surface area contributed by atoms with Gasteiger partial charge in [0, 0.05) is 6.42 Å². The van der Waals surface area contributed by atoms with Gasteiger partial charge in [0.15, 0.2) is 4.05 Å². The average Bonchev–Trinajstić information content (AvgIpc) is 3.29. The highest BCUT2D eigenvalue weighted by Crippen LogP contribution is 2.44. The summed E-state index contributed by atoms with van der Waals surface area (Å²) in [4.78, 5) is 63.1. The summed E-state index contributed by atoms with van der Waals surface area (Å²) in [5, 5.41) is 17.4. The molecule has 3 heterocycles. The number of nitrogens with one attached hydrogen (secondary N) is 2. The molecule has 12 nitrogen and oxygen atoms in total. The van der Waals surface area contributed by atoms with Crippen LogP contribution >= 0.6 is 57.1 Å². The zero-order valence-electron chi connectivity index (χ0n) is 24.6. The summed E-state index contributed by atoms with van der Waals surface area (Å²) < 4.78 is 10.6. The maximum atomic E-state index is 13.7. The van der Waals surface area contributed by atoms with Crippen molar-refractivity contribution >= 4 is 92.0 Å². The number of carbonyl (C=O) groups is 4. The van der Waals surface area contributed by atoms with E-state index >= 15 is 0 Å². The van der Waals surface area contributed by atoms with Gasteiger partial charge in [-0.2, -0.15) is 0 Å². The number of aliphatic carboxylic acids is 1. The molecule has 3 N–H and O–H groups in total. The van der Waals surface area contributed by atoms with E-state index in [2.05, 4.69) is 15.6 Å². The van der Waals surface area contributed by atoms with Crippen molar-refractivity contribution < 1.29 is 33.8 Å². The van der Waals surface area contributed by atoms with E-state index in [1.165, 1.54) is 16.2 Å². The fourth-order valence-corrected chi connectivity index (χ4v) is 6.73. The second-order valence-electron chi connectivity index (χ2n) is 12.0. The monoisotopic (exact) mass is 789 g/mol. The van der Waals surface area contributed by atoms with Gasteiger partial charge in [0.05, 0.1) is 32.5 Å². The SMILES string of the molecule is C[C@@H]1C[C@]1(NC(=O)[C@@H]1CC(Oc2nc3cc(Cl)c(Cl)cc3nc2-c2cccs2)CN1C(=O)[C@H](I)NC(=O)OC(C)(C)C)C(=O)O. The first-order valence-corrected chi connectivity index (χ1v) is 16.8. The molecule has 1 aliphatic heterocycles. The van der Waals surface area contributed by atoms with Crippen molar-refractivity contribution in [3.05, 3.63) is 39.7 Å². The summed E-state index contributed by atoms with van der Waals surface area (Å²) in [6, 6.07) is 5.81. The Morgan fingerprint density at radius 3 is 2.38 bits per heavy atom. The largest absolute Gasteiger partial charge is 0.479 e. The third-order valence-electron chi connectivity index (χ3n) is 7.45. The first kappa shape index (κ1) is 33.4. The van der Waals surface area contributed by atoms with E-state index in [0.717, 1.165) is 4.88 Å². The maximum absolute atomic E-state index is 13.7. The molecule has 2 aliphatic rings. The molecule has 0 bridgehead atoms. The molecule has 0 spiro atoms. The van der Waals surface area contributed by atoms with Crippen molar-refractivity contribution in [3.8, 4) is 16.5 Å². The number of alkyl carbamates (subject to hydrolysis) is 1. The van der Waals surface area contributed by atoms with Crippen LogP contribution < -0.4 is 15.4 Å². The first-order valence-electron chi connectivity index (χ1n) is 13.9. The second kappa shape index (κ2) is 12.7. The highest BCUT2D eigenvalue weighted by atomic mass is 127.